The third-order valence-electron chi connectivity index (χ3n) is 2.74. The molecule has 0 bridgehead atoms. The van der Waals surface area contributed by atoms with Gasteiger partial charge in [-0.3, -0.25) is 0 Å². The summed E-state index contributed by atoms with van der Waals surface area (Å²) < 4.78 is 10.9. The molecule has 0 atom stereocenters. The Morgan fingerprint density at radius 2 is 1.84 bits per heavy atom. The van der Waals surface area contributed by atoms with Crippen LogP contribution < -0.4 is 4.74 Å². The van der Waals surface area contributed by atoms with Crippen LogP contribution in [0.2, 0.25) is 0 Å². The van der Waals surface area contributed by atoms with E-state index in [0.29, 0.717) is 5.56 Å². The molecule has 19 heavy (non-hydrogen) atoms. The van der Waals surface area contributed by atoms with Gasteiger partial charge in [0.25, 0.3) is 0 Å². The van der Waals surface area contributed by atoms with E-state index in [0.717, 1.165) is 21.3 Å². The molecule has 0 fully saturated rings. The lowest BCUT2D eigenvalue weighted by atomic mass is 10.0. The molecule has 0 saturated carbocycles. The van der Waals surface area contributed by atoms with Gasteiger partial charge in [0.2, 0.25) is 0 Å². The van der Waals surface area contributed by atoms with Gasteiger partial charge in [0.15, 0.2) is 0 Å². The van der Waals surface area contributed by atoms with Crippen LogP contribution in [0.5, 0.6) is 5.75 Å². The SMILES string of the molecule is COC(=O)c1cc(Br)cc(-c2ccccc2OC)c1. The van der Waals surface area contributed by atoms with Crippen LogP contribution in [-0.4, -0.2) is 20.2 Å². The number of hydrogen-bond donors (Lipinski definition) is 0. The topological polar surface area (TPSA) is 35.5 Å². The van der Waals surface area contributed by atoms with Crippen LogP contribution in [0.4, 0.5) is 0 Å². The third-order valence-corrected chi connectivity index (χ3v) is 3.19. The fraction of sp³-hybridized carbons (Fsp3) is 0.133. The summed E-state index contributed by atoms with van der Waals surface area (Å²) in [5, 5.41) is 0. The molecule has 0 heterocycles. The summed E-state index contributed by atoms with van der Waals surface area (Å²) in [5.41, 5.74) is 2.32. The average Bonchev–Trinajstić information content (AvgIpc) is 2.45. The first-order chi connectivity index (χ1) is 9.15. The molecule has 0 aliphatic carbocycles. The summed E-state index contributed by atoms with van der Waals surface area (Å²) in [7, 11) is 2.99. The van der Waals surface area contributed by atoms with Crippen LogP contribution >= 0.6 is 15.9 Å². The van der Waals surface area contributed by atoms with Gasteiger partial charge in [0.05, 0.1) is 19.8 Å². The number of methoxy groups -OCH3 is 2. The van der Waals surface area contributed by atoms with E-state index in [1.54, 1.807) is 19.2 Å². The van der Waals surface area contributed by atoms with Crippen LogP contribution in [0.25, 0.3) is 11.1 Å². The molecule has 0 aromatic heterocycles. The van der Waals surface area contributed by atoms with Crippen molar-refractivity contribution in [3.05, 3.63) is 52.5 Å². The Balaban J connectivity index is 2.56. The van der Waals surface area contributed by atoms with Gasteiger partial charge < -0.3 is 9.47 Å². The quantitative estimate of drug-likeness (QED) is 0.804. The molecule has 0 spiro atoms. The van der Waals surface area contributed by atoms with Gasteiger partial charge >= 0.3 is 5.97 Å². The molecule has 0 unspecified atom stereocenters. The van der Waals surface area contributed by atoms with E-state index in [4.69, 9.17) is 9.47 Å². The summed E-state index contributed by atoms with van der Waals surface area (Å²) in [6.45, 7) is 0. The number of para-hydroxylation sites is 1. The highest BCUT2D eigenvalue weighted by Crippen LogP contribution is 2.32. The molecule has 4 heteroatoms. The van der Waals surface area contributed by atoms with Crippen LogP contribution in [-0.2, 0) is 4.74 Å². The second-order valence-corrected chi connectivity index (χ2v) is 4.84. The Hall–Kier alpha value is -1.81. The Bertz CT molecular complexity index is 608. The molecule has 3 nitrogen and oxygen atoms in total. The predicted molar refractivity (Wildman–Crippen MR) is 77.5 cm³/mol. The number of esters is 1. The van der Waals surface area contributed by atoms with Crippen molar-refractivity contribution in [2.24, 2.45) is 0 Å². The van der Waals surface area contributed by atoms with E-state index in [9.17, 15) is 4.79 Å². The number of ether oxygens (including phenoxy) is 2. The minimum absolute atomic E-state index is 0.363. The van der Waals surface area contributed by atoms with Crippen LogP contribution in [0.3, 0.4) is 0 Å². The second kappa shape index (κ2) is 5.89. The molecule has 0 saturated heterocycles. The maximum Gasteiger partial charge on any atom is 0.337 e. The van der Waals surface area contributed by atoms with E-state index in [2.05, 4.69) is 15.9 Å². The zero-order chi connectivity index (χ0) is 13.8. The van der Waals surface area contributed by atoms with Crippen LogP contribution in [0, 0.1) is 0 Å². The first-order valence-corrected chi connectivity index (χ1v) is 6.47. The van der Waals surface area contributed by atoms with Crippen molar-refractivity contribution in [2.75, 3.05) is 14.2 Å². The number of carbonyl (C=O) groups is 1. The van der Waals surface area contributed by atoms with Crippen molar-refractivity contribution in [1.29, 1.82) is 0 Å². The average molecular weight is 321 g/mol. The first kappa shape index (κ1) is 13.6. The largest absolute Gasteiger partial charge is 0.496 e. The molecule has 2 aromatic rings. The third kappa shape index (κ3) is 2.96. The van der Waals surface area contributed by atoms with E-state index in [1.807, 2.05) is 30.3 Å². The van der Waals surface area contributed by atoms with E-state index in [1.165, 1.54) is 7.11 Å². The monoisotopic (exact) mass is 320 g/mol. The normalized spacial score (nSPS) is 10.1. The number of carbonyl (C=O) groups excluding carboxylic acids is 1. The van der Waals surface area contributed by atoms with Gasteiger partial charge in [0.1, 0.15) is 5.75 Å². The van der Waals surface area contributed by atoms with Crippen LogP contribution in [0.1, 0.15) is 10.4 Å². The Labute approximate surface area is 120 Å². The molecule has 98 valence electrons. The summed E-state index contributed by atoms with van der Waals surface area (Å²) in [5.74, 6) is 0.397. The van der Waals surface area contributed by atoms with Gasteiger partial charge in [-0.05, 0) is 29.8 Å². The van der Waals surface area contributed by atoms with Gasteiger partial charge in [0, 0.05) is 10.0 Å². The van der Waals surface area contributed by atoms with Crippen molar-refractivity contribution < 1.29 is 14.3 Å². The number of hydrogen-bond acceptors (Lipinski definition) is 3. The van der Waals surface area contributed by atoms with E-state index in [-0.39, 0.29) is 5.97 Å². The zero-order valence-corrected chi connectivity index (χ0v) is 12.2. The second-order valence-electron chi connectivity index (χ2n) is 3.92. The zero-order valence-electron chi connectivity index (χ0n) is 10.6. The number of benzene rings is 2. The Morgan fingerprint density at radius 1 is 1.11 bits per heavy atom. The maximum atomic E-state index is 11.6. The number of halogens is 1. The standard InChI is InChI=1S/C15H13BrO3/c1-18-14-6-4-3-5-13(14)10-7-11(15(17)19-2)9-12(16)8-10/h3-9H,1-2H3. The van der Waals surface area contributed by atoms with Crippen molar-refractivity contribution in [3.8, 4) is 16.9 Å². The lowest BCUT2D eigenvalue weighted by Crippen LogP contribution is -2.01. The van der Waals surface area contributed by atoms with Gasteiger partial charge in [-0.2, -0.15) is 0 Å². The molecule has 0 N–H and O–H groups in total. The van der Waals surface area contributed by atoms with Gasteiger partial charge in [-0.25, -0.2) is 4.79 Å². The molecule has 0 aliphatic rings. The van der Waals surface area contributed by atoms with Crippen molar-refractivity contribution >= 4 is 21.9 Å². The molecule has 2 rings (SSSR count). The van der Waals surface area contributed by atoms with Crippen molar-refractivity contribution in [1.82, 2.24) is 0 Å². The summed E-state index contributed by atoms with van der Waals surface area (Å²) in [6, 6.07) is 13.1. The molecule has 0 radical (unpaired) electrons. The molecular weight excluding hydrogens is 308 g/mol. The Kier molecular flexibility index (Phi) is 4.22. The number of rotatable bonds is 3. The Morgan fingerprint density at radius 3 is 2.53 bits per heavy atom. The lowest BCUT2D eigenvalue weighted by molar-refractivity contribution is 0.0600. The fourth-order valence-corrected chi connectivity index (χ4v) is 2.36. The summed E-state index contributed by atoms with van der Waals surface area (Å²) in [6.07, 6.45) is 0. The van der Waals surface area contributed by atoms with Crippen molar-refractivity contribution in [2.45, 2.75) is 0 Å². The smallest absolute Gasteiger partial charge is 0.337 e. The van der Waals surface area contributed by atoms with E-state index < -0.39 is 0 Å². The summed E-state index contributed by atoms with van der Waals surface area (Å²) in [4.78, 5) is 11.6. The van der Waals surface area contributed by atoms with Gasteiger partial charge in [-0.15, -0.1) is 0 Å². The van der Waals surface area contributed by atoms with Crippen molar-refractivity contribution in [3.63, 3.8) is 0 Å². The minimum atomic E-state index is -0.363. The summed E-state index contributed by atoms with van der Waals surface area (Å²) >= 11 is 3.41. The lowest BCUT2D eigenvalue weighted by Gasteiger charge is -2.10. The first-order valence-electron chi connectivity index (χ1n) is 5.68. The van der Waals surface area contributed by atoms with E-state index >= 15 is 0 Å². The maximum absolute atomic E-state index is 11.6. The molecule has 0 aliphatic heterocycles. The minimum Gasteiger partial charge on any atom is -0.496 e. The predicted octanol–water partition coefficient (Wildman–Crippen LogP) is 3.91. The fourth-order valence-electron chi connectivity index (χ4n) is 1.86. The molecule has 2 aromatic carbocycles. The van der Waals surface area contributed by atoms with Crippen LogP contribution in [0.15, 0.2) is 46.9 Å². The van der Waals surface area contributed by atoms with Gasteiger partial charge in [-0.1, -0.05) is 34.1 Å². The molecule has 0 amide bonds. The highest BCUT2D eigenvalue weighted by Gasteiger charge is 2.11. The molecular formula is C15H13BrO3. The highest BCUT2D eigenvalue weighted by atomic mass is 79.9. The highest BCUT2D eigenvalue weighted by molar-refractivity contribution is 9.10.